The van der Waals surface area contributed by atoms with Crippen LogP contribution in [-0.2, 0) is 0 Å². The molecule has 0 radical (unpaired) electrons. The zero-order valence-corrected chi connectivity index (χ0v) is 7.18. The van der Waals surface area contributed by atoms with Crippen LogP contribution in [0.25, 0.3) is 0 Å². The first kappa shape index (κ1) is 8.59. The van der Waals surface area contributed by atoms with Crippen molar-refractivity contribution >= 4 is 11.4 Å². The summed E-state index contributed by atoms with van der Waals surface area (Å²) in [5.74, 6) is 0.0825. The van der Waals surface area contributed by atoms with Crippen LogP contribution in [0.15, 0.2) is 12.1 Å². The summed E-state index contributed by atoms with van der Waals surface area (Å²) in [4.78, 5) is 0. The second-order valence-electron chi connectivity index (χ2n) is 2.82. The van der Waals surface area contributed by atoms with Crippen molar-refractivity contribution < 1.29 is 5.11 Å². The number of phenolic OH excluding ortho intramolecular Hbond substituents is 1. The Morgan fingerprint density at radius 2 is 2.08 bits per heavy atom. The molecule has 3 nitrogen and oxygen atoms in total. The molecule has 0 aliphatic heterocycles. The fraction of sp³-hybridized carbons (Fsp3) is 0.222. The molecule has 1 aromatic rings. The zero-order chi connectivity index (χ0) is 9.30. The van der Waals surface area contributed by atoms with E-state index in [2.05, 4.69) is 0 Å². The molecule has 0 atom stereocenters. The Kier molecular flexibility index (Phi) is 2.04. The van der Waals surface area contributed by atoms with E-state index in [9.17, 15) is 5.11 Å². The minimum atomic E-state index is 0.0825. The molecule has 64 valence electrons. The lowest BCUT2D eigenvalue weighted by atomic mass is 10.1. The number of nitrogens with two attached hydrogens (primary N) is 1. The SMILES string of the molecule is CC(=N)c1ccc(C)c(O)c1N. The fourth-order valence-corrected chi connectivity index (χ4v) is 1.04. The number of nitrogens with one attached hydrogen (secondary N) is 1. The van der Waals surface area contributed by atoms with Crippen LogP contribution in [0.5, 0.6) is 5.75 Å². The van der Waals surface area contributed by atoms with Gasteiger partial charge in [0.1, 0.15) is 5.75 Å². The molecule has 0 fully saturated rings. The smallest absolute Gasteiger partial charge is 0.142 e. The van der Waals surface area contributed by atoms with E-state index in [1.807, 2.05) is 0 Å². The maximum Gasteiger partial charge on any atom is 0.142 e. The Morgan fingerprint density at radius 1 is 1.50 bits per heavy atom. The monoisotopic (exact) mass is 164 g/mol. The average molecular weight is 164 g/mol. The molecule has 0 spiro atoms. The van der Waals surface area contributed by atoms with Crippen LogP contribution in [0.1, 0.15) is 18.1 Å². The lowest BCUT2D eigenvalue weighted by molar-refractivity contribution is 0.473. The summed E-state index contributed by atoms with van der Waals surface area (Å²) in [6.07, 6.45) is 0. The Labute approximate surface area is 71.3 Å². The largest absolute Gasteiger partial charge is 0.505 e. The Bertz CT molecular complexity index is 332. The van der Waals surface area contributed by atoms with Crippen LogP contribution in [0.4, 0.5) is 5.69 Å². The fourth-order valence-electron chi connectivity index (χ4n) is 1.04. The molecule has 1 rings (SSSR count). The quantitative estimate of drug-likeness (QED) is 0.335. The summed E-state index contributed by atoms with van der Waals surface area (Å²) in [6.45, 7) is 3.41. The molecule has 0 aromatic heterocycles. The first-order chi connectivity index (χ1) is 5.54. The van der Waals surface area contributed by atoms with Gasteiger partial charge in [-0.1, -0.05) is 12.1 Å². The van der Waals surface area contributed by atoms with E-state index in [-0.39, 0.29) is 5.75 Å². The molecule has 0 amide bonds. The highest BCUT2D eigenvalue weighted by molar-refractivity contribution is 6.02. The van der Waals surface area contributed by atoms with Gasteiger partial charge in [0.15, 0.2) is 0 Å². The second-order valence-corrected chi connectivity index (χ2v) is 2.82. The minimum Gasteiger partial charge on any atom is -0.505 e. The molecule has 0 unspecified atom stereocenters. The molecule has 0 aliphatic carbocycles. The number of benzene rings is 1. The maximum absolute atomic E-state index is 9.41. The number of aromatic hydroxyl groups is 1. The highest BCUT2D eigenvalue weighted by Gasteiger charge is 2.07. The third-order valence-corrected chi connectivity index (χ3v) is 1.82. The summed E-state index contributed by atoms with van der Waals surface area (Å²) >= 11 is 0. The molecule has 4 N–H and O–H groups in total. The van der Waals surface area contributed by atoms with Gasteiger partial charge < -0.3 is 16.2 Å². The van der Waals surface area contributed by atoms with Crippen molar-refractivity contribution in [3.8, 4) is 5.75 Å². The van der Waals surface area contributed by atoms with Gasteiger partial charge in [-0.05, 0) is 19.4 Å². The number of nitrogen functional groups attached to an aromatic ring is 1. The van der Waals surface area contributed by atoms with Crippen molar-refractivity contribution in [1.82, 2.24) is 0 Å². The normalized spacial score (nSPS) is 9.83. The topological polar surface area (TPSA) is 70.1 Å². The van der Waals surface area contributed by atoms with E-state index in [4.69, 9.17) is 11.1 Å². The van der Waals surface area contributed by atoms with Crippen LogP contribution < -0.4 is 5.73 Å². The van der Waals surface area contributed by atoms with Crippen LogP contribution >= 0.6 is 0 Å². The van der Waals surface area contributed by atoms with Crippen molar-refractivity contribution in [3.05, 3.63) is 23.3 Å². The van der Waals surface area contributed by atoms with E-state index in [0.29, 0.717) is 17.0 Å². The summed E-state index contributed by atoms with van der Waals surface area (Å²) in [5, 5.41) is 16.8. The summed E-state index contributed by atoms with van der Waals surface area (Å²) in [6, 6.07) is 3.49. The molecule has 3 heteroatoms. The Balaban J connectivity index is 3.36. The second kappa shape index (κ2) is 2.85. The number of hydrogen-bond donors (Lipinski definition) is 3. The third-order valence-electron chi connectivity index (χ3n) is 1.82. The van der Waals surface area contributed by atoms with Crippen molar-refractivity contribution in [3.63, 3.8) is 0 Å². The maximum atomic E-state index is 9.41. The van der Waals surface area contributed by atoms with Gasteiger partial charge in [-0.2, -0.15) is 0 Å². The first-order valence-corrected chi connectivity index (χ1v) is 3.67. The van der Waals surface area contributed by atoms with Crippen molar-refractivity contribution in [2.45, 2.75) is 13.8 Å². The summed E-state index contributed by atoms with van der Waals surface area (Å²) < 4.78 is 0. The Hall–Kier alpha value is -1.51. The van der Waals surface area contributed by atoms with Crippen molar-refractivity contribution in [2.24, 2.45) is 0 Å². The summed E-state index contributed by atoms with van der Waals surface area (Å²) in [5.41, 5.74) is 7.58. The Morgan fingerprint density at radius 3 is 2.58 bits per heavy atom. The highest BCUT2D eigenvalue weighted by Crippen LogP contribution is 2.27. The van der Waals surface area contributed by atoms with Crippen LogP contribution in [-0.4, -0.2) is 10.8 Å². The van der Waals surface area contributed by atoms with Crippen molar-refractivity contribution in [2.75, 3.05) is 5.73 Å². The van der Waals surface area contributed by atoms with E-state index in [0.717, 1.165) is 5.56 Å². The summed E-state index contributed by atoms with van der Waals surface area (Å²) in [7, 11) is 0. The number of rotatable bonds is 1. The van der Waals surface area contributed by atoms with Crippen LogP contribution in [0.2, 0.25) is 0 Å². The standard InChI is InChI=1S/C9H12N2O/c1-5-3-4-7(6(2)10)8(11)9(5)12/h3-4,10,12H,11H2,1-2H3. The van der Waals surface area contributed by atoms with Crippen LogP contribution in [0.3, 0.4) is 0 Å². The molecule has 0 saturated heterocycles. The minimum absolute atomic E-state index is 0.0825. The number of aryl methyl sites for hydroxylation is 1. The molecule has 0 bridgehead atoms. The molecule has 0 heterocycles. The lowest BCUT2D eigenvalue weighted by Crippen LogP contribution is -2.00. The molecule has 1 aromatic carbocycles. The van der Waals surface area contributed by atoms with Gasteiger partial charge in [0, 0.05) is 11.3 Å². The predicted molar refractivity (Wildman–Crippen MR) is 49.8 cm³/mol. The highest BCUT2D eigenvalue weighted by atomic mass is 16.3. The zero-order valence-electron chi connectivity index (χ0n) is 7.18. The number of anilines is 1. The predicted octanol–water partition coefficient (Wildman–Crippen LogP) is 1.67. The van der Waals surface area contributed by atoms with Gasteiger partial charge in [0.25, 0.3) is 0 Å². The van der Waals surface area contributed by atoms with Gasteiger partial charge in [-0.3, -0.25) is 0 Å². The molecule has 12 heavy (non-hydrogen) atoms. The molecular weight excluding hydrogens is 152 g/mol. The van der Waals surface area contributed by atoms with Gasteiger partial charge in [0.2, 0.25) is 0 Å². The lowest BCUT2D eigenvalue weighted by Gasteiger charge is -2.07. The van der Waals surface area contributed by atoms with Gasteiger partial charge in [-0.15, -0.1) is 0 Å². The van der Waals surface area contributed by atoms with Crippen LogP contribution in [0, 0.1) is 12.3 Å². The van der Waals surface area contributed by atoms with E-state index < -0.39 is 0 Å². The number of phenols is 1. The third kappa shape index (κ3) is 1.25. The molecule has 0 saturated carbocycles. The van der Waals surface area contributed by atoms with Gasteiger partial charge >= 0.3 is 0 Å². The number of hydrogen-bond acceptors (Lipinski definition) is 3. The molecule has 0 aliphatic rings. The average Bonchev–Trinajstić information content (AvgIpc) is 2.00. The van der Waals surface area contributed by atoms with Gasteiger partial charge in [-0.25, -0.2) is 0 Å². The van der Waals surface area contributed by atoms with E-state index >= 15 is 0 Å². The first-order valence-electron chi connectivity index (χ1n) is 3.67. The van der Waals surface area contributed by atoms with E-state index in [1.54, 1.807) is 26.0 Å². The molecular formula is C9H12N2O. The van der Waals surface area contributed by atoms with Crippen molar-refractivity contribution in [1.29, 1.82) is 5.41 Å². The van der Waals surface area contributed by atoms with Gasteiger partial charge in [0.05, 0.1) is 5.69 Å². The van der Waals surface area contributed by atoms with E-state index in [1.165, 1.54) is 0 Å².